The van der Waals surface area contributed by atoms with Crippen LogP contribution in [0.1, 0.15) is 5.56 Å². The molecule has 0 atom stereocenters. The summed E-state index contributed by atoms with van der Waals surface area (Å²) in [5.41, 5.74) is 1.97. The Balaban J connectivity index is 1.58. The zero-order valence-corrected chi connectivity index (χ0v) is 16.5. The molecule has 7 heteroatoms. The van der Waals surface area contributed by atoms with Crippen LogP contribution in [0.5, 0.6) is 0 Å². The molecule has 29 heavy (non-hydrogen) atoms. The summed E-state index contributed by atoms with van der Waals surface area (Å²) < 4.78 is 41.1. The maximum atomic E-state index is 13.2. The van der Waals surface area contributed by atoms with Gasteiger partial charge in [0.2, 0.25) is 15.9 Å². The van der Waals surface area contributed by atoms with Gasteiger partial charge < -0.3 is 5.32 Å². The first kappa shape index (κ1) is 20.7. The maximum Gasteiger partial charge on any atom is 0.241 e. The number of carbonyl (C=O) groups is 1. The predicted molar refractivity (Wildman–Crippen MR) is 110 cm³/mol. The molecule has 1 amide bonds. The number of carbonyl (C=O) groups excluding carboxylic acids is 1. The van der Waals surface area contributed by atoms with E-state index in [9.17, 15) is 17.6 Å². The molecule has 3 aromatic carbocycles. The normalized spacial score (nSPS) is 11.2. The van der Waals surface area contributed by atoms with E-state index in [2.05, 4.69) is 10.0 Å². The van der Waals surface area contributed by atoms with Crippen LogP contribution in [-0.4, -0.2) is 27.4 Å². The Morgan fingerprint density at radius 1 is 0.862 bits per heavy atom. The quantitative estimate of drug-likeness (QED) is 0.558. The molecule has 0 saturated heterocycles. The molecule has 3 aromatic rings. The van der Waals surface area contributed by atoms with E-state index in [1.54, 1.807) is 30.3 Å². The summed E-state index contributed by atoms with van der Waals surface area (Å²) in [7, 11) is -3.75. The van der Waals surface area contributed by atoms with Gasteiger partial charge in [0.1, 0.15) is 5.82 Å². The van der Waals surface area contributed by atoms with Crippen molar-refractivity contribution in [1.29, 1.82) is 0 Å². The average Bonchev–Trinajstić information content (AvgIpc) is 2.72. The van der Waals surface area contributed by atoms with E-state index in [1.165, 1.54) is 18.2 Å². The highest BCUT2D eigenvalue weighted by Crippen LogP contribution is 2.26. The number of sulfonamides is 1. The number of hydrogen-bond acceptors (Lipinski definition) is 3. The zero-order valence-electron chi connectivity index (χ0n) is 15.6. The molecule has 0 radical (unpaired) electrons. The maximum absolute atomic E-state index is 13.2. The molecule has 150 valence electrons. The summed E-state index contributed by atoms with van der Waals surface area (Å²) in [5, 5.41) is 2.63. The molecule has 0 fully saturated rings. The summed E-state index contributed by atoms with van der Waals surface area (Å²) in [5.74, 6) is -0.709. The van der Waals surface area contributed by atoms with E-state index in [0.717, 1.165) is 5.56 Å². The second-order valence-electron chi connectivity index (χ2n) is 6.42. The molecular weight excluding hydrogens is 391 g/mol. The first-order valence-corrected chi connectivity index (χ1v) is 10.6. The van der Waals surface area contributed by atoms with Gasteiger partial charge in [0.25, 0.3) is 0 Å². The van der Waals surface area contributed by atoms with E-state index in [0.29, 0.717) is 11.1 Å². The van der Waals surface area contributed by atoms with Crippen LogP contribution in [0, 0.1) is 5.82 Å². The minimum atomic E-state index is -3.75. The lowest BCUT2D eigenvalue weighted by Crippen LogP contribution is -2.35. The van der Waals surface area contributed by atoms with Crippen molar-refractivity contribution in [3.05, 3.63) is 90.2 Å². The minimum Gasteiger partial charge on any atom is -0.355 e. The van der Waals surface area contributed by atoms with Crippen LogP contribution in [0.25, 0.3) is 11.1 Å². The Kier molecular flexibility index (Phi) is 6.74. The number of rotatable bonds is 8. The molecule has 0 aliphatic heterocycles. The van der Waals surface area contributed by atoms with Crippen molar-refractivity contribution in [2.24, 2.45) is 0 Å². The number of amides is 1. The van der Waals surface area contributed by atoms with Crippen molar-refractivity contribution in [3.8, 4) is 11.1 Å². The molecule has 0 heterocycles. The average molecular weight is 412 g/mol. The molecular formula is C22H21FN2O3S. The third-order valence-corrected chi connectivity index (χ3v) is 5.77. The molecule has 2 N–H and O–H groups in total. The van der Waals surface area contributed by atoms with Gasteiger partial charge in [-0.25, -0.2) is 17.5 Å². The van der Waals surface area contributed by atoms with Crippen molar-refractivity contribution < 1.29 is 17.6 Å². The summed E-state index contributed by atoms with van der Waals surface area (Å²) in [6.07, 6.45) is 0.0291. The molecule has 0 unspecified atom stereocenters. The van der Waals surface area contributed by atoms with Gasteiger partial charge in [-0.05, 0) is 29.3 Å². The van der Waals surface area contributed by atoms with Gasteiger partial charge in [0.05, 0.1) is 11.3 Å². The molecule has 0 aliphatic rings. The Morgan fingerprint density at radius 3 is 2.34 bits per heavy atom. The van der Waals surface area contributed by atoms with E-state index >= 15 is 0 Å². The monoisotopic (exact) mass is 412 g/mol. The first-order valence-electron chi connectivity index (χ1n) is 9.11. The van der Waals surface area contributed by atoms with Gasteiger partial charge in [0.15, 0.2) is 0 Å². The van der Waals surface area contributed by atoms with Gasteiger partial charge in [0, 0.05) is 18.7 Å². The highest BCUT2D eigenvalue weighted by Gasteiger charge is 2.18. The number of nitrogens with one attached hydrogen (secondary N) is 2. The standard InChI is InChI=1S/C22H21FN2O3S/c23-19-10-6-7-17(15-19)16-22(26)24-13-14-25-29(27,28)21-12-5-4-11-20(21)18-8-2-1-3-9-18/h1-12,15,25H,13-14,16H2,(H,24,26). The van der Waals surface area contributed by atoms with E-state index < -0.39 is 15.8 Å². The largest absolute Gasteiger partial charge is 0.355 e. The molecule has 0 aromatic heterocycles. The van der Waals surface area contributed by atoms with Crippen LogP contribution in [0.4, 0.5) is 4.39 Å². The van der Waals surface area contributed by atoms with Crippen molar-refractivity contribution in [2.45, 2.75) is 11.3 Å². The van der Waals surface area contributed by atoms with Crippen LogP contribution in [0.2, 0.25) is 0 Å². The van der Waals surface area contributed by atoms with E-state index in [1.807, 2.05) is 30.3 Å². The Labute approximate surface area is 169 Å². The number of benzene rings is 3. The lowest BCUT2D eigenvalue weighted by molar-refractivity contribution is -0.120. The second-order valence-corrected chi connectivity index (χ2v) is 8.15. The lowest BCUT2D eigenvalue weighted by atomic mass is 10.1. The smallest absolute Gasteiger partial charge is 0.241 e. The first-order chi connectivity index (χ1) is 14.0. The predicted octanol–water partition coefficient (Wildman–Crippen LogP) is 3.13. The number of hydrogen-bond donors (Lipinski definition) is 2. The van der Waals surface area contributed by atoms with Crippen LogP contribution in [0.3, 0.4) is 0 Å². The van der Waals surface area contributed by atoms with Crippen molar-refractivity contribution in [2.75, 3.05) is 13.1 Å². The lowest BCUT2D eigenvalue weighted by Gasteiger charge is -2.12. The molecule has 0 aliphatic carbocycles. The topological polar surface area (TPSA) is 75.3 Å². The number of halogens is 1. The Morgan fingerprint density at radius 2 is 1.59 bits per heavy atom. The summed E-state index contributed by atoms with van der Waals surface area (Å²) in [4.78, 5) is 12.1. The van der Waals surface area contributed by atoms with Crippen LogP contribution < -0.4 is 10.0 Å². The molecule has 3 rings (SSSR count). The molecule has 0 saturated carbocycles. The van der Waals surface area contributed by atoms with Gasteiger partial charge >= 0.3 is 0 Å². The highest BCUT2D eigenvalue weighted by molar-refractivity contribution is 7.89. The summed E-state index contributed by atoms with van der Waals surface area (Å²) in [6, 6.07) is 21.8. The molecule has 5 nitrogen and oxygen atoms in total. The fraction of sp³-hybridized carbons (Fsp3) is 0.136. The minimum absolute atomic E-state index is 0.0291. The fourth-order valence-corrected chi connectivity index (χ4v) is 4.18. The van der Waals surface area contributed by atoms with Crippen molar-refractivity contribution in [1.82, 2.24) is 10.0 Å². The van der Waals surface area contributed by atoms with Crippen LogP contribution in [-0.2, 0) is 21.2 Å². The van der Waals surface area contributed by atoms with Crippen molar-refractivity contribution in [3.63, 3.8) is 0 Å². The van der Waals surface area contributed by atoms with Gasteiger partial charge in [-0.15, -0.1) is 0 Å². The van der Waals surface area contributed by atoms with E-state index in [4.69, 9.17) is 0 Å². The SMILES string of the molecule is O=C(Cc1cccc(F)c1)NCCNS(=O)(=O)c1ccccc1-c1ccccc1. The summed E-state index contributed by atoms with van der Waals surface area (Å²) in [6.45, 7) is 0.168. The third kappa shape index (κ3) is 5.73. The zero-order chi connectivity index (χ0) is 20.7. The Hall–Kier alpha value is -3.03. The van der Waals surface area contributed by atoms with Crippen LogP contribution >= 0.6 is 0 Å². The third-order valence-electron chi connectivity index (χ3n) is 4.25. The van der Waals surface area contributed by atoms with Gasteiger partial charge in [-0.2, -0.15) is 0 Å². The van der Waals surface area contributed by atoms with Crippen molar-refractivity contribution >= 4 is 15.9 Å². The Bertz CT molecular complexity index is 1090. The van der Waals surface area contributed by atoms with Crippen LogP contribution in [0.15, 0.2) is 83.8 Å². The molecule has 0 bridgehead atoms. The summed E-state index contributed by atoms with van der Waals surface area (Å²) >= 11 is 0. The van der Waals surface area contributed by atoms with Gasteiger partial charge in [-0.1, -0.05) is 60.7 Å². The second kappa shape index (κ2) is 9.45. The highest BCUT2D eigenvalue weighted by atomic mass is 32.2. The fourth-order valence-electron chi connectivity index (χ4n) is 2.92. The van der Waals surface area contributed by atoms with Gasteiger partial charge in [-0.3, -0.25) is 4.79 Å². The van der Waals surface area contributed by atoms with E-state index in [-0.39, 0.29) is 30.3 Å². The molecule has 0 spiro atoms.